The predicted molar refractivity (Wildman–Crippen MR) is 111 cm³/mol. The molecule has 156 valence electrons. The van der Waals surface area contributed by atoms with Crippen molar-refractivity contribution >= 4 is 31.3 Å². The summed E-state index contributed by atoms with van der Waals surface area (Å²) in [6, 6.07) is 0. The number of hydrogen-bond donors (Lipinski definition) is 3. The first kappa shape index (κ1) is 22.2. The van der Waals surface area contributed by atoms with Gasteiger partial charge in [-0.25, -0.2) is 4.98 Å². The van der Waals surface area contributed by atoms with Crippen LogP contribution in [0.5, 0.6) is 0 Å². The Hall–Kier alpha value is -2.04. The minimum Gasteiger partial charge on any atom is -0.415 e. The lowest BCUT2D eigenvalue weighted by Gasteiger charge is -2.36. The van der Waals surface area contributed by atoms with Crippen LogP contribution in [0, 0.1) is 5.92 Å². The molecule has 0 saturated heterocycles. The number of hydrogen-bond acceptors (Lipinski definition) is 6. The molecule has 9 nitrogen and oxygen atoms in total. The number of amides is 1. The molecule has 0 bridgehead atoms. The van der Waals surface area contributed by atoms with Crippen LogP contribution in [0.25, 0.3) is 11.2 Å². The highest BCUT2D eigenvalue weighted by molar-refractivity contribution is 6.74. The number of carbonyl (C=O) groups is 1. The quantitative estimate of drug-likeness (QED) is 0.603. The molecule has 0 aromatic carbocycles. The van der Waals surface area contributed by atoms with E-state index in [9.17, 15) is 14.7 Å². The maximum absolute atomic E-state index is 12.4. The van der Waals surface area contributed by atoms with E-state index >= 15 is 0 Å². The van der Waals surface area contributed by atoms with Gasteiger partial charge in [-0.05, 0) is 18.1 Å². The Balaban J connectivity index is 2.35. The lowest BCUT2D eigenvalue weighted by molar-refractivity contribution is -0.118. The monoisotopic (exact) mass is 409 g/mol. The standard InChI is InChI=1S/C18H31N5O4Si/c1-11(2)15(25)21-17-20-14-13(16(26)22-17)19-12(10-24)23(14)8-9-27-28(6,7)18(3,4)5/h11,24H,8-10H2,1-7H3,(H2,20,21,22,25,26). The normalized spacial score (nSPS) is 12.8. The molecule has 2 aromatic heterocycles. The third kappa shape index (κ3) is 4.68. The summed E-state index contributed by atoms with van der Waals surface area (Å²) in [6.07, 6.45) is 0. The molecule has 0 aliphatic heterocycles. The molecule has 2 aromatic rings. The van der Waals surface area contributed by atoms with Crippen molar-refractivity contribution in [3.8, 4) is 0 Å². The molecule has 28 heavy (non-hydrogen) atoms. The fraction of sp³-hybridized carbons (Fsp3) is 0.667. The highest BCUT2D eigenvalue weighted by Crippen LogP contribution is 2.36. The number of aliphatic hydroxyl groups is 1. The second-order valence-electron chi connectivity index (χ2n) is 8.68. The van der Waals surface area contributed by atoms with Crippen LogP contribution in [-0.4, -0.2) is 45.5 Å². The molecule has 0 saturated carbocycles. The number of aliphatic hydroxyl groups excluding tert-OH is 1. The summed E-state index contributed by atoms with van der Waals surface area (Å²) in [4.78, 5) is 35.4. The Kier molecular flexibility index (Phi) is 6.47. The van der Waals surface area contributed by atoms with E-state index in [0.717, 1.165) is 0 Å². The molecule has 0 spiro atoms. The first-order valence-electron chi connectivity index (χ1n) is 9.42. The van der Waals surface area contributed by atoms with Gasteiger partial charge in [-0.1, -0.05) is 34.6 Å². The van der Waals surface area contributed by atoms with Crippen LogP contribution in [0.3, 0.4) is 0 Å². The van der Waals surface area contributed by atoms with E-state index in [1.807, 2.05) is 0 Å². The largest absolute Gasteiger partial charge is 0.415 e. The van der Waals surface area contributed by atoms with Crippen molar-refractivity contribution < 1.29 is 14.3 Å². The van der Waals surface area contributed by atoms with Crippen molar-refractivity contribution in [2.24, 2.45) is 5.92 Å². The summed E-state index contributed by atoms with van der Waals surface area (Å²) >= 11 is 0. The smallest absolute Gasteiger partial charge is 0.280 e. The molecular formula is C18H31N5O4Si. The molecule has 0 atom stereocenters. The first-order valence-corrected chi connectivity index (χ1v) is 12.3. The van der Waals surface area contributed by atoms with E-state index in [0.29, 0.717) is 24.6 Å². The summed E-state index contributed by atoms with van der Waals surface area (Å²) in [5.41, 5.74) is -0.0348. The van der Waals surface area contributed by atoms with E-state index in [2.05, 4.69) is 54.1 Å². The molecule has 2 rings (SSSR count). The van der Waals surface area contributed by atoms with Crippen LogP contribution >= 0.6 is 0 Å². The van der Waals surface area contributed by atoms with E-state index in [1.54, 1.807) is 18.4 Å². The fourth-order valence-corrected chi connectivity index (χ4v) is 3.37. The topological polar surface area (TPSA) is 122 Å². The maximum Gasteiger partial charge on any atom is 0.280 e. The van der Waals surface area contributed by atoms with Crippen molar-refractivity contribution in [1.82, 2.24) is 19.5 Å². The Morgan fingerprint density at radius 2 is 1.96 bits per heavy atom. The maximum atomic E-state index is 12.4. The first-order chi connectivity index (χ1) is 12.9. The van der Waals surface area contributed by atoms with Gasteiger partial charge in [0.05, 0.1) is 6.61 Å². The zero-order valence-corrected chi connectivity index (χ0v) is 18.7. The van der Waals surface area contributed by atoms with Crippen molar-refractivity contribution in [3.05, 3.63) is 16.2 Å². The molecule has 0 aliphatic carbocycles. The number of H-pyrrole nitrogens is 1. The Labute approximate surface area is 165 Å². The molecule has 2 heterocycles. The Morgan fingerprint density at radius 1 is 1.32 bits per heavy atom. The third-order valence-corrected chi connectivity index (χ3v) is 9.71. The zero-order chi connectivity index (χ0) is 21.3. The average Bonchev–Trinajstić information content (AvgIpc) is 2.92. The Morgan fingerprint density at radius 3 is 2.50 bits per heavy atom. The number of nitrogens with one attached hydrogen (secondary N) is 2. The van der Waals surface area contributed by atoms with Crippen molar-refractivity contribution in [2.75, 3.05) is 11.9 Å². The summed E-state index contributed by atoms with van der Waals surface area (Å²) in [5, 5.41) is 12.3. The number of imidazole rings is 1. The number of fused-ring (bicyclic) bond motifs is 1. The lowest BCUT2D eigenvalue weighted by atomic mass is 10.2. The molecule has 0 radical (unpaired) electrons. The second-order valence-corrected chi connectivity index (χ2v) is 13.5. The van der Waals surface area contributed by atoms with Gasteiger partial charge in [0.2, 0.25) is 11.9 Å². The van der Waals surface area contributed by atoms with Gasteiger partial charge in [-0.3, -0.25) is 19.9 Å². The van der Waals surface area contributed by atoms with Gasteiger partial charge in [-0.2, -0.15) is 4.98 Å². The zero-order valence-electron chi connectivity index (χ0n) is 17.7. The van der Waals surface area contributed by atoms with E-state index < -0.39 is 13.9 Å². The van der Waals surface area contributed by atoms with Crippen molar-refractivity contribution in [1.29, 1.82) is 0 Å². The summed E-state index contributed by atoms with van der Waals surface area (Å²) in [7, 11) is -1.93. The minimum absolute atomic E-state index is 0.0622. The number of rotatable bonds is 7. The predicted octanol–water partition coefficient (Wildman–Crippen LogP) is 2.23. The van der Waals surface area contributed by atoms with Crippen molar-refractivity contribution in [2.45, 2.75) is 65.9 Å². The van der Waals surface area contributed by atoms with Gasteiger partial charge in [-0.15, -0.1) is 0 Å². The molecule has 0 aliphatic rings. The Bertz CT molecular complexity index is 911. The molecule has 3 N–H and O–H groups in total. The molecule has 10 heteroatoms. The molecular weight excluding hydrogens is 378 g/mol. The summed E-state index contributed by atoms with van der Waals surface area (Å²) < 4.78 is 7.87. The van der Waals surface area contributed by atoms with Crippen LogP contribution < -0.4 is 10.9 Å². The molecule has 1 amide bonds. The van der Waals surface area contributed by atoms with Crippen LogP contribution in [0.1, 0.15) is 40.4 Å². The highest BCUT2D eigenvalue weighted by atomic mass is 28.4. The summed E-state index contributed by atoms with van der Waals surface area (Å²) in [5.74, 6) is -0.111. The summed E-state index contributed by atoms with van der Waals surface area (Å²) in [6.45, 7) is 14.8. The SMILES string of the molecule is CC(C)C(=O)Nc1nc2c(nc(CO)n2CCO[Si](C)(C)C(C)(C)C)c(=O)[nH]1. The van der Waals surface area contributed by atoms with Gasteiger partial charge in [0.1, 0.15) is 12.4 Å². The van der Waals surface area contributed by atoms with Crippen LogP contribution in [0.15, 0.2) is 4.79 Å². The average molecular weight is 410 g/mol. The lowest BCUT2D eigenvalue weighted by Crippen LogP contribution is -2.41. The van der Waals surface area contributed by atoms with Crippen LogP contribution in [-0.2, 0) is 22.4 Å². The van der Waals surface area contributed by atoms with Crippen LogP contribution in [0.2, 0.25) is 18.1 Å². The highest BCUT2D eigenvalue weighted by Gasteiger charge is 2.37. The van der Waals surface area contributed by atoms with Crippen molar-refractivity contribution in [3.63, 3.8) is 0 Å². The second kappa shape index (κ2) is 8.14. The number of aromatic amines is 1. The minimum atomic E-state index is -1.93. The molecule has 0 fully saturated rings. The number of nitrogens with zero attached hydrogens (tertiary/aromatic N) is 3. The van der Waals surface area contributed by atoms with E-state index in [4.69, 9.17) is 4.43 Å². The van der Waals surface area contributed by atoms with E-state index in [1.165, 1.54) is 0 Å². The fourth-order valence-electron chi connectivity index (χ4n) is 2.34. The van der Waals surface area contributed by atoms with Gasteiger partial charge in [0, 0.05) is 12.5 Å². The third-order valence-electron chi connectivity index (χ3n) is 5.18. The number of aromatic nitrogens is 4. The van der Waals surface area contributed by atoms with Gasteiger partial charge in [0.15, 0.2) is 19.5 Å². The number of anilines is 1. The van der Waals surface area contributed by atoms with Gasteiger partial charge >= 0.3 is 0 Å². The number of carbonyl (C=O) groups excluding carboxylic acids is 1. The molecule has 0 unspecified atom stereocenters. The van der Waals surface area contributed by atoms with Crippen LogP contribution in [0.4, 0.5) is 5.95 Å². The van der Waals surface area contributed by atoms with E-state index in [-0.39, 0.29) is 34.9 Å². The van der Waals surface area contributed by atoms with Gasteiger partial charge in [0.25, 0.3) is 5.56 Å². The van der Waals surface area contributed by atoms with Gasteiger partial charge < -0.3 is 14.1 Å².